The smallest absolute Gasteiger partial charge is 0.388 e. The topological polar surface area (TPSA) is 177 Å². The third-order valence-corrected chi connectivity index (χ3v) is 2.76. The molecule has 0 aromatic rings. The predicted molar refractivity (Wildman–Crippen MR) is 52.9 cm³/mol. The van der Waals surface area contributed by atoms with Crippen LogP contribution in [0.5, 0.6) is 0 Å². The van der Waals surface area contributed by atoms with Gasteiger partial charge in [-0.25, -0.2) is 4.57 Å². The van der Waals surface area contributed by atoms with Gasteiger partial charge in [-0.2, -0.15) is 0 Å². The van der Waals surface area contributed by atoms with Gasteiger partial charge in [0, 0.05) is 0 Å². The van der Waals surface area contributed by atoms with Crippen molar-refractivity contribution in [1.82, 2.24) is 0 Å². The van der Waals surface area contributed by atoms with Crippen LogP contribution in [-0.4, -0.2) is 78.7 Å². The molecule has 0 aromatic carbocycles. The maximum Gasteiger partial charge on any atom is 0.469 e. The molecule has 18 heavy (non-hydrogen) atoms. The Balaban J connectivity index is 2.79. The van der Waals surface area contributed by atoms with Crippen molar-refractivity contribution in [2.24, 2.45) is 0 Å². The Morgan fingerprint density at radius 1 is 1.22 bits per heavy atom. The molecule has 0 bridgehead atoms. The van der Waals surface area contributed by atoms with Crippen molar-refractivity contribution in [2.75, 3.05) is 6.61 Å². The third-order valence-electron chi connectivity index (χ3n) is 2.30. The minimum atomic E-state index is -4.97. The molecule has 1 aliphatic rings. The van der Waals surface area contributed by atoms with Crippen LogP contribution < -0.4 is 0 Å². The molecule has 1 rings (SSSR count). The maximum atomic E-state index is 10.5. The lowest BCUT2D eigenvalue weighted by atomic mass is 9.96. The summed E-state index contributed by atoms with van der Waals surface area (Å²) in [7, 11) is -4.97. The number of hydrogen-bond donors (Lipinski definition) is 7. The number of hydrogen-bond acceptors (Lipinski definition) is 8. The molecule has 0 aromatic heterocycles. The maximum absolute atomic E-state index is 10.5. The summed E-state index contributed by atoms with van der Waals surface area (Å²) in [5.74, 6) is 0. The zero-order valence-corrected chi connectivity index (χ0v) is 9.79. The van der Waals surface area contributed by atoms with Gasteiger partial charge in [0.25, 0.3) is 0 Å². The van der Waals surface area contributed by atoms with Crippen molar-refractivity contribution < 1.29 is 50.5 Å². The molecule has 1 aliphatic heterocycles. The van der Waals surface area contributed by atoms with E-state index in [9.17, 15) is 30.1 Å². The monoisotopic (exact) mass is 291 g/mol. The molecule has 1 unspecified atom stereocenters. The van der Waals surface area contributed by atoms with Crippen LogP contribution in [0.25, 0.3) is 0 Å². The first-order valence-corrected chi connectivity index (χ1v) is 6.29. The lowest BCUT2D eigenvalue weighted by molar-refractivity contribution is -0.298. The normalized spacial score (nSPS) is 42.2. The summed E-state index contributed by atoms with van der Waals surface area (Å²) in [5.41, 5.74) is 0. The van der Waals surface area contributed by atoms with Crippen LogP contribution in [0.4, 0.5) is 0 Å². The van der Waals surface area contributed by atoms with E-state index < -0.39 is 51.2 Å². The highest BCUT2D eigenvalue weighted by Gasteiger charge is 2.46. The van der Waals surface area contributed by atoms with Crippen LogP contribution in [0.15, 0.2) is 0 Å². The molecule has 0 saturated carbocycles. The van der Waals surface area contributed by atoms with Gasteiger partial charge < -0.3 is 40.1 Å². The molecule has 0 spiro atoms. The molecule has 7 N–H and O–H groups in total. The van der Waals surface area contributed by atoms with Crippen LogP contribution in [0.1, 0.15) is 1.37 Å². The average Bonchev–Trinajstić information content (AvgIpc) is 2.27. The van der Waals surface area contributed by atoms with Gasteiger partial charge in [0.05, 0.1) is 7.98 Å². The zero-order chi connectivity index (χ0) is 15.0. The Labute approximate surface area is 103 Å². The van der Waals surface area contributed by atoms with Gasteiger partial charge in [0.1, 0.15) is 30.5 Å². The van der Waals surface area contributed by atoms with Gasteiger partial charge in [-0.15, -0.1) is 0 Å². The van der Waals surface area contributed by atoms with E-state index in [-0.39, 0.29) is 0 Å². The van der Waals surface area contributed by atoms with Gasteiger partial charge in [0.2, 0.25) is 0 Å². The lowest BCUT2D eigenvalue weighted by Gasteiger charge is -2.40. The summed E-state index contributed by atoms with van der Waals surface area (Å²) in [5, 5.41) is 46.8. The number of phosphoric ester groups is 1. The zero-order valence-electron chi connectivity index (χ0n) is 9.90. The molecule has 1 saturated heterocycles. The van der Waals surface area contributed by atoms with Crippen LogP contribution in [0.3, 0.4) is 0 Å². The molecule has 0 radical (unpaired) electrons. The number of rotatable bonds is 4. The number of aliphatic hydroxyl groups is 5. The Morgan fingerprint density at radius 3 is 2.28 bits per heavy atom. The first-order chi connectivity index (χ1) is 8.46. The summed E-state index contributed by atoms with van der Waals surface area (Å²) >= 11 is 0. The van der Waals surface area contributed by atoms with Crippen molar-refractivity contribution in [3.8, 4) is 0 Å². The second-order valence-corrected chi connectivity index (χ2v) is 4.91. The molecule has 0 aliphatic carbocycles. The van der Waals surface area contributed by atoms with Gasteiger partial charge in [-0.3, -0.25) is 4.52 Å². The summed E-state index contributed by atoms with van der Waals surface area (Å²) in [6, 6.07) is 0. The van der Waals surface area contributed by atoms with Crippen molar-refractivity contribution in [2.45, 2.75) is 36.8 Å². The Hall–Kier alpha value is -0.130. The minimum absolute atomic E-state index is 1.26. The highest BCUT2D eigenvalue weighted by Crippen LogP contribution is 2.36. The second-order valence-electron chi connectivity index (χ2n) is 3.67. The minimum Gasteiger partial charge on any atom is -0.388 e. The van der Waals surface area contributed by atoms with Crippen molar-refractivity contribution in [3.63, 3.8) is 0 Å². The fraction of sp³-hybridized carbons (Fsp3) is 1.00. The second kappa shape index (κ2) is 5.88. The molecule has 1 fully saturated rings. The Bertz CT molecular complexity index is 358. The van der Waals surface area contributed by atoms with E-state index in [2.05, 4.69) is 9.26 Å². The van der Waals surface area contributed by atoms with E-state index in [0.29, 0.717) is 0 Å². The fourth-order valence-corrected chi connectivity index (χ4v) is 1.67. The van der Waals surface area contributed by atoms with Gasteiger partial charge in [-0.05, 0) is 0 Å². The van der Waals surface area contributed by atoms with Crippen molar-refractivity contribution in [1.29, 1.82) is 0 Å². The van der Waals surface area contributed by atoms with Crippen LogP contribution in [0, 0.1) is 0 Å². The number of phosphoric acid groups is 1. The summed E-state index contributed by atoms with van der Waals surface area (Å²) in [6.45, 7) is -1.26. The molecule has 0 amide bonds. The molecule has 1 heterocycles. The average molecular weight is 291 g/mol. The van der Waals surface area contributed by atoms with Gasteiger partial charge >= 0.3 is 7.82 Å². The lowest BCUT2D eigenvalue weighted by Crippen LogP contribution is -2.61. The SMILES string of the molecule is [2H][C@](O)(COP(=O)(O)O)[C@H]1OC(O)[C@@H](O)[C@@H](O)[C@@H]1O. The van der Waals surface area contributed by atoms with Gasteiger partial charge in [-0.1, -0.05) is 0 Å². The molecule has 108 valence electrons. The number of aliphatic hydroxyl groups excluding tert-OH is 4. The first kappa shape index (κ1) is 14.3. The largest absolute Gasteiger partial charge is 0.469 e. The van der Waals surface area contributed by atoms with Crippen molar-refractivity contribution in [3.05, 3.63) is 0 Å². The molecule has 10 nitrogen and oxygen atoms in total. The van der Waals surface area contributed by atoms with E-state index in [1.165, 1.54) is 0 Å². The summed E-state index contributed by atoms with van der Waals surface area (Å²) in [4.78, 5) is 16.9. The molecular formula is C7H15O10P. The Morgan fingerprint density at radius 2 is 1.78 bits per heavy atom. The van der Waals surface area contributed by atoms with Crippen LogP contribution in [-0.2, 0) is 13.8 Å². The van der Waals surface area contributed by atoms with Crippen LogP contribution >= 0.6 is 7.82 Å². The standard InChI is InChI=1S/C7H15O10P/c8-2(1-16-18(13,14)15)6-4(10)3(9)5(11)7(12)17-6/h2-12H,1H2,(H2,13,14,15)/t2-,3-,4-,5-,6+,7?/m0/s1/i2D. The molecule has 11 heteroatoms. The Kier molecular flexibility index (Phi) is 4.67. The quantitative estimate of drug-likeness (QED) is 0.254. The first-order valence-electron chi connectivity index (χ1n) is 5.26. The fourth-order valence-electron chi connectivity index (χ4n) is 1.37. The van der Waals surface area contributed by atoms with E-state index in [1.807, 2.05) is 0 Å². The van der Waals surface area contributed by atoms with E-state index in [1.54, 1.807) is 0 Å². The highest BCUT2D eigenvalue weighted by atomic mass is 31.2. The summed E-state index contributed by atoms with van der Waals surface area (Å²) in [6.07, 6.45) is -12.6. The molecule has 6 atom stereocenters. The number of ether oxygens (including phenoxy) is 1. The van der Waals surface area contributed by atoms with E-state index in [0.717, 1.165) is 0 Å². The predicted octanol–water partition coefficient (Wildman–Crippen LogP) is -3.74. The van der Waals surface area contributed by atoms with E-state index >= 15 is 0 Å². The highest BCUT2D eigenvalue weighted by molar-refractivity contribution is 7.46. The summed E-state index contributed by atoms with van der Waals surface area (Å²) < 4.78 is 26.3. The molecular weight excluding hydrogens is 275 g/mol. The van der Waals surface area contributed by atoms with Gasteiger partial charge in [0.15, 0.2) is 6.29 Å². The van der Waals surface area contributed by atoms with Crippen molar-refractivity contribution >= 4 is 7.82 Å². The third kappa shape index (κ3) is 3.93. The van der Waals surface area contributed by atoms with E-state index in [4.69, 9.17) is 11.2 Å². The van der Waals surface area contributed by atoms with Crippen LogP contribution in [0.2, 0.25) is 0 Å².